The maximum Gasteiger partial charge on any atom is 0.243 e. The van der Waals surface area contributed by atoms with Crippen LogP contribution in [0.1, 0.15) is 0 Å². The highest BCUT2D eigenvalue weighted by Crippen LogP contribution is 2.29. The first-order chi connectivity index (χ1) is 6.79. The summed E-state index contributed by atoms with van der Waals surface area (Å²) in [6, 6.07) is 5.49. The van der Waals surface area contributed by atoms with Crippen LogP contribution in [0.25, 0.3) is 0 Å². The van der Waals surface area contributed by atoms with Crippen molar-refractivity contribution in [1.82, 2.24) is 0 Å². The molecule has 4 nitrogen and oxygen atoms in total. The average Bonchev–Trinajstić information content (AvgIpc) is 2.17. The van der Waals surface area contributed by atoms with Crippen LogP contribution in [0.5, 0.6) is 0 Å². The van der Waals surface area contributed by atoms with Gasteiger partial charge in [-0.15, -0.1) is 0 Å². The molecule has 0 saturated heterocycles. The Kier molecular flexibility index (Phi) is 2.29. The summed E-state index contributed by atoms with van der Waals surface area (Å²) in [7, 11) is 0. The minimum Gasteiger partial charge on any atom is -0.374 e. The van der Waals surface area contributed by atoms with Gasteiger partial charge in [-0.2, -0.15) is 5.26 Å². The van der Waals surface area contributed by atoms with Gasteiger partial charge in [0.2, 0.25) is 5.91 Å². The van der Waals surface area contributed by atoms with Gasteiger partial charge in [0.25, 0.3) is 0 Å². The van der Waals surface area contributed by atoms with E-state index in [9.17, 15) is 4.79 Å². The van der Waals surface area contributed by atoms with E-state index in [0.717, 1.165) is 28.0 Å². The number of fused-ring (bicyclic) bond motifs is 1. The summed E-state index contributed by atoms with van der Waals surface area (Å²) in [5.41, 5.74) is 1.63. The van der Waals surface area contributed by atoms with Crippen molar-refractivity contribution in [3.05, 3.63) is 18.2 Å². The summed E-state index contributed by atoms with van der Waals surface area (Å²) in [5, 5.41) is 16.2. The maximum absolute atomic E-state index is 11.0. The third kappa shape index (κ3) is 1.65. The van der Waals surface area contributed by atoms with Crippen molar-refractivity contribution in [3.8, 4) is 5.40 Å². The SMILES string of the molecule is N#CSc1ccc2c(c1)NC(=O)CN2. The molecule has 70 valence electrons. The highest BCUT2D eigenvalue weighted by molar-refractivity contribution is 8.03. The van der Waals surface area contributed by atoms with Crippen LogP contribution >= 0.6 is 11.8 Å². The summed E-state index contributed by atoms with van der Waals surface area (Å²) in [6.07, 6.45) is 0. The van der Waals surface area contributed by atoms with Crippen LogP contribution in [0.15, 0.2) is 23.1 Å². The van der Waals surface area contributed by atoms with E-state index in [-0.39, 0.29) is 5.91 Å². The number of hydrogen-bond acceptors (Lipinski definition) is 4. The molecule has 0 aliphatic carbocycles. The first-order valence-corrected chi connectivity index (χ1v) is 4.85. The first kappa shape index (κ1) is 8.91. The molecular weight excluding hydrogens is 198 g/mol. The molecular formula is C9H7N3OS. The van der Waals surface area contributed by atoms with Crippen molar-refractivity contribution in [1.29, 1.82) is 5.26 Å². The average molecular weight is 205 g/mol. The minimum absolute atomic E-state index is 0.0587. The number of hydrogen-bond donors (Lipinski definition) is 2. The number of thiocyanates is 1. The lowest BCUT2D eigenvalue weighted by Gasteiger charge is -2.18. The molecule has 0 bridgehead atoms. The minimum atomic E-state index is -0.0587. The van der Waals surface area contributed by atoms with Crippen LogP contribution < -0.4 is 10.6 Å². The molecule has 0 unspecified atom stereocenters. The second-order valence-electron chi connectivity index (χ2n) is 2.80. The topological polar surface area (TPSA) is 64.9 Å². The van der Waals surface area contributed by atoms with Crippen LogP contribution in [0, 0.1) is 10.7 Å². The van der Waals surface area contributed by atoms with Gasteiger partial charge < -0.3 is 10.6 Å². The zero-order chi connectivity index (χ0) is 9.97. The molecule has 1 aromatic rings. The molecule has 1 heterocycles. The molecule has 0 saturated carbocycles. The van der Waals surface area contributed by atoms with Crippen LogP contribution in [0.3, 0.4) is 0 Å². The third-order valence-corrected chi connectivity index (χ3v) is 2.45. The molecule has 1 aliphatic rings. The van der Waals surface area contributed by atoms with Gasteiger partial charge in [-0.1, -0.05) is 0 Å². The van der Waals surface area contributed by atoms with Crippen molar-refractivity contribution in [2.45, 2.75) is 4.90 Å². The molecule has 0 spiro atoms. The fourth-order valence-corrected chi connectivity index (χ4v) is 1.69. The van der Waals surface area contributed by atoms with Crippen LogP contribution in [-0.4, -0.2) is 12.5 Å². The number of rotatable bonds is 1. The Morgan fingerprint density at radius 1 is 1.43 bits per heavy atom. The van der Waals surface area contributed by atoms with Gasteiger partial charge in [0.1, 0.15) is 5.40 Å². The fraction of sp³-hybridized carbons (Fsp3) is 0.111. The summed E-state index contributed by atoms with van der Waals surface area (Å²) >= 11 is 1.08. The van der Waals surface area contributed by atoms with Crippen molar-refractivity contribution < 1.29 is 4.79 Å². The lowest BCUT2D eigenvalue weighted by Crippen LogP contribution is -2.27. The predicted octanol–water partition coefficient (Wildman–Crippen LogP) is 1.62. The lowest BCUT2D eigenvalue weighted by molar-refractivity contribution is -0.114. The fourth-order valence-electron chi connectivity index (χ4n) is 1.27. The number of amides is 1. The summed E-state index contributed by atoms with van der Waals surface area (Å²) < 4.78 is 0. The van der Waals surface area contributed by atoms with Gasteiger partial charge in [-0.25, -0.2) is 0 Å². The monoisotopic (exact) mass is 205 g/mol. The zero-order valence-electron chi connectivity index (χ0n) is 7.20. The van der Waals surface area contributed by atoms with Crippen molar-refractivity contribution in [2.24, 2.45) is 0 Å². The van der Waals surface area contributed by atoms with Crippen molar-refractivity contribution in [2.75, 3.05) is 17.2 Å². The van der Waals surface area contributed by atoms with Gasteiger partial charge in [-0.05, 0) is 30.0 Å². The van der Waals surface area contributed by atoms with Crippen LogP contribution in [0.4, 0.5) is 11.4 Å². The molecule has 0 atom stereocenters. The Morgan fingerprint density at radius 2 is 2.29 bits per heavy atom. The van der Waals surface area contributed by atoms with E-state index in [1.807, 2.05) is 17.5 Å². The molecule has 5 heteroatoms. The van der Waals surface area contributed by atoms with E-state index in [0.29, 0.717) is 6.54 Å². The number of nitriles is 1. The molecule has 0 aromatic heterocycles. The van der Waals surface area contributed by atoms with E-state index < -0.39 is 0 Å². The number of nitrogens with zero attached hydrogens (tertiary/aromatic N) is 1. The van der Waals surface area contributed by atoms with Gasteiger partial charge >= 0.3 is 0 Å². The molecule has 2 rings (SSSR count). The number of nitrogens with one attached hydrogen (secondary N) is 2. The van der Waals surface area contributed by atoms with Gasteiger partial charge in [-0.3, -0.25) is 4.79 Å². The normalized spacial score (nSPS) is 13.5. The Balaban J connectivity index is 2.33. The largest absolute Gasteiger partial charge is 0.374 e. The third-order valence-electron chi connectivity index (χ3n) is 1.87. The zero-order valence-corrected chi connectivity index (χ0v) is 8.02. The van der Waals surface area contributed by atoms with E-state index in [1.165, 1.54) is 0 Å². The molecule has 1 aromatic carbocycles. The summed E-state index contributed by atoms with van der Waals surface area (Å²) in [5.74, 6) is -0.0587. The highest BCUT2D eigenvalue weighted by Gasteiger charge is 2.13. The highest BCUT2D eigenvalue weighted by atomic mass is 32.2. The van der Waals surface area contributed by atoms with E-state index in [4.69, 9.17) is 5.26 Å². The lowest BCUT2D eigenvalue weighted by atomic mass is 10.2. The first-order valence-electron chi connectivity index (χ1n) is 4.03. The number of anilines is 2. The van der Waals surface area contributed by atoms with Gasteiger partial charge in [0.15, 0.2) is 0 Å². The standard InChI is InChI=1S/C9H7N3OS/c10-5-14-6-1-2-7-8(3-6)12-9(13)4-11-7/h1-3,11H,4H2,(H,12,13). The number of thioether (sulfide) groups is 1. The smallest absolute Gasteiger partial charge is 0.243 e. The van der Waals surface area contributed by atoms with Gasteiger partial charge in [0, 0.05) is 4.90 Å². The predicted molar refractivity (Wildman–Crippen MR) is 55.0 cm³/mol. The molecule has 0 radical (unpaired) electrons. The maximum atomic E-state index is 11.0. The molecule has 0 fully saturated rings. The van der Waals surface area contributed by atoms with Crippen molar-refractivity contribution >= 4 is 29.0 Å². The Labute approximate surface area is 85.3 Å². The number of carbonyl (C=O) groups excluding carboxylic acids is 1. The quantitative estimate of drug-likeness (QED) is 0.540. The number of benzene rings is 1. The van der Waals surface area contributed by atoms with Crippen LogP contribution in [0.2, 0.25) is 0 Å². The Hall–Kier alpha value is -1.67. The Bertz CT molecular complexity index is 425. The van der Waals surface area contributed by atoms with Crippen LogP contribution in [-0.2, 0) is 4.79 Å². The number of carbonyl (C=O) groups is 1. The summed E-state index contributed by atoms with van der Waals surface area (Å²) in [6.45, 7) is 0.303. The Morgan fingerprint density at radius 3 is 3.07 bits per heavy atom. The van der Waals surface area contributed by atoms with E-state index in [2.05, 4.69) is 10.6 Å². The van der Waals surface area contributed by atoms with Crippen molar-refractivity contribution in [3.63, 3.8) is 0 Å². The second kappa shape index (κ2) is 3.60. The molecule has 2 N–H and O–H groups in total. The van der Waals surface area contributed by atoms with Gasteiger partial charge in [0.05, 0.1) is 17.9 Å². The molecule has 1 aliphatic heterocycles. The van der Waals surface area contributed by atoms with E-state index >= 15 is 0 Å². The van der Waals surface area contributed by atoms with E-state index in [1.54, 1.807) is 6.07 Å². The summed E-state index contributed by atoms with van der Waals surface area (Å²) in [4.78, 5) is 11.9. The molecule has 14 heavy (non-hydrogen) atoms. The second-order valence-corrected chi connectivity index (χ2v) is 3.66. The molecule has 1 amide bonds.